The van der Waals surface area contributed by atoms with Gasteiger partial charge >= 0.3 is 0 Å². The summed E-state index contributed by atoms with van der Waals surface area (Å²) in [5.41, 5.74) is 6.31. The molecule has 1 saturated heterocycles. The van der Waals surface area contributed by atoms with Crippen molar-refractivity contribution in [2.24, 2.45) is 12.8 Å². The van der Waals surface area contributed by atoms with Gasteiger partial charge in [-0.1, -0.05) is 0 Å². The molecule has 3 rings (SSSR count). The van der Waals surface area contributed by atoms with Gasteiger partial charge in [0.2, 0.25) is 0 Å². The van der Waals surface area contributed by atoms with Crippen LogP contribution in [0, 0.1) is 0 Å². The van der Waals surface area contributed by atoms with Crippen molar-refractivity contribution in [1.82, 2.24) is 19.4 Å². The molecule has 3 heterocycles. The van der Waals surface area contributed by atoms with E-state index < -0.39 is 12.1 Å². The Morgan fingerprint density at radius 2 is 2.33 bits per heavy atom. The molecule has 0 saturated carbocycles. The molecule has 0 unspecified atom stereocenters. The summed E-state index contributed by atoms with van der Waals surface area (Å²) in [6.07, 6.45) is 6.23. The monoisotopic (exact) mass is 332 g/mol. The molecule has 24 heavy (non-hydrogen) atoms. The quantitative estimate of drug-likeness (QED) is 0.822. The maximum Gasteiger partial charge on any atom is 0.252 e. The van der Waals surface area contributed by atoms with Gasteiger partial charge in [0.05, 0.1) is 17.8 Å². The van der Waals surface area contributed by atoms with Crippen LogP contribution in [0.2, 0.25) is 0 Å². The molecule has 0 radical (unpaired) electrons. The van der Waals surface area contributed by atoms with Gasteiger partial charge in [-0.2, -0.15) is 0 Å². The number of carbonyl (C=O) groups excluding carboxylic acids is 1. The fourth-order valence-electron chi connectivity index (χ4n) is 3.03. The van der Waals surface area contributed by atoms with E-state index in [2.05, 4.69) is 20.2 Å². The topological polar surface area (TPSA) is 89.1 Å². The summed E-state index contributed by atoms with van der Waals surface area (Å²) < 4.78 is 15.8. The van der Waals surface area contributed by atoms with E-state index in [9.17, 15) is 9.18 Å². The number of hydrogen-bond donors (Lipinski definition) is 2. The third-order valence-corrected chi connectivity index (χ3v) is 4.36. The number of anilines is 1. The molecule has 8 heteroatoms. The number of carbonyl (C=O) groups is 1. The van der Waals surface area contributed by atoms with Crippen molar-refractivity contribution in [3.05, 3.63) is 42.2 Å². The van der Waals surface area contributed by atoms with Crippen molar-refractivity contribution >= 4 is 11.6 Å². The first-order valence-corrected chi connectivity index (χ1v) is 7.86. The average molecular weight is 332 g/mol. The zero-order chi connectivity index (χ0) is 17.1. The molecule has 3 N–H and O–H groups in total. The van der Waals surface area contributed by atoms with Crippen LogP contribution in [0.15, 0.2) is 30.9 Å². The van der Waals surface area contributed by atoms with Gasteiger partial charge in [0.1, 0.15) is 12.0 Å². The van der Waals surface area contributed by atoms with Crippen LogP contribution < -0.4 is 11.1 Å². The Labute approximate surface area is 139 Å². The Kier molecular flexibility index (Phi) is 4.75. The van der Waals surface area contributed by atoms with E-state index in [4.69, 9.17) is 5.73 Å². The Morgan fingerprint density at radius 1 is 1.50 bits per heavy atom. The lowest BCUT2D eigenvalue weighted by atomic mass is 10.1. The van der Waals surface area contributed by atoms with E-state index in [1.807, 2.05) is 17.8 Å². The smallest absolute Gasteiger partial charge is 0.252 e. The highest BCUT2D eigenvalue weighted by Crippen LogP contribution is 2.23. The van der Waals surface area contributed by atoms with E-state index in [0.717, 1.165) is 5.82 Å². The summed E-state index contributed by atoms with van der Waals surface area (Å²) >= 11 is 0. The van der Waals surface area contributed by atoms with Gasteiger partial charge in [0, 0.05) is 51.0 Å². The second-order valence-corrected chi connectivity index (χ2v) is 6.04. The van der Waals surface area contributed by atoms with Crippen LogP contribution in [0.25, 0.3) is 0 Å². The normalized spacial score (nSPS) is 21.1. The first-order valence-electron chi connectivity index (χ1n) is 7.86. The third kappa shape index (κ3) is 3.53. The zero-order valence-electron chi connectivity index (χ0n) is 13.5. The van der Waals surface area contributed by atoms with Crippen molar-refractivity contribution in [3.8, 4) is 0 Å². The van der Waals surface area contributed by atoms with Crippen LogP contribution in [0.3, 0.4) is 0 Å². The molecule has 128 valence electrons. The molecule has 7 nitrogen and oxygen atoms in total. The summed E-state index contributed by atoms with van der Waals surface area (Å²) in [5.74, 6) is 0.362. The Morgan fingerprint density at radius 3 is 3.04 bits per heavy atom. The van der Waals surface area contributed by atoms with Gasteiger partial charge in [-0.15, -0.1) is 0 Å². The number of nitrogens with two attached hydrogens (primary N) is 1. The lowest BCUT2D eigenvalue weighted by molar-refractivity contribution is 0.100. The first-order chi connectivity index (χ1) is 11.5. The summed E-state index contributed by atoms with van der Waals surface area (Å²) in [4.78, 5) is 21.7. The minimum atomic E-state index is -0.856. The van der Waals surface area contributed by atoms with Crippen molar-refractivity contribution in [1.29, 1.82) is 0 Å². The number of likely N-dealkylation sites (tertiary alicyclic amines) is 1. The predicted octanol–water partition coefficient (Wildman–Crippen LogP) is 0.938. The summed E-state index contributed by atoms with van der Waals surface area (Å²) in [5, 5.41) is 3.20. The van der Waals surface area contributed by atoms with Crippen molar-refractivity contribution in [3.63, 3.8) is 0 Å². The van der Waals surface area contributed by atoms with Gasteiger partial charge in [0.25, 0.3) is 5.91 Å². The number of aromatic nitrogens is 3. The molecule has 1 aliphatic rings. The standard InChI is InChI=1S/C16H21FN6O/c1-22-5-4-20-15(22)10-23-9-11(17)6-12(23)7-21-14-2-3-19-8-13(14)16(18)24/h2-5,8,11-12H,6-7,9-10H2,1H3,(H2,18,24)(H,19,21)/t11-,12-/m0/s1. The van der Waals surface area contributed by atoms with Crippen LogP contribution in [0.5, 0.6) is 0 Å². The molecule has 2 aromatic rings. The van der Waals surface area contributed by atoms with Crippen molar-refractivity contribution < 1.29 is 9.18 Å². The number of rotatable bonds is 6. The van der Waals surface area contributed by atoms with E-state index in [-0.39, 0.29) is 6.04 Å². The van der Waals surface area contributed by atoms with Crippen molar-refractivity contribution in [2.75, 3.05) is 18.4 Å². The highest BCUT2D eigenvalue weighted by atomic mass is 19.1. The fourth-order valence-corrected chi connectivity index (χ4v) is 3.03. The van der Waals surface area contributed by atoms with Crippen LogP contribution >= 0.6 is 0 Å². The van der Waals surface area contributed by atoms with E-state index in [1.165, 1.54) is 6.20 Å². The van der Waals surface area contributed by atoms with Crippen molar-refractivity contribution in [2.45, 2.75) is 25.2 Å². The highest BCUT2D eigenvalue weighted by Gasteiger charge is 2.32. The van der Waals surface area contributed by atoms with Crippen LogP contribution in [-0.2, 0) is 13.6 Å². The number of halogens is 1. The molecule has 0 bridgehead atoms. The summed E-state index contributed by atoms with van der Waals surface area (Å²) in [7, 11) is 1.93. The largest absolute Gasteiger partial charge is 0.383 e. The third-order valence-electron chi connectivity index (χ3n) is 4.36. The molecular formula is C16H21FN6O. The first kappa shape index (κ1) is 16.4. The number of amides is 1. The maximum atomic E-state index is 13.9. The number of nitrogens with one attached hydrogen (secondary N) is 1. The second kappa shape index (κ2) is 6.96. The Balaban J connectivity index is 1.67. The molecule has 2 aromatic heterocycles. The average Bonchev–Trinajstić information content (AvgIpc) is 3.11. The predicted molar refractivity (Wildman–Crippen MR) is 88.2 cm³/mol. The molecule has 0 aromatic carbocycles. The lowest BCUT2D eigenvalue weighted by Gasteiger charge is -2.24. The van der Waals surface area contributed by atoms with Crippen LogP contribution in [0.1, 0.15) is 22.6 Å². The molecule has 1 aliphatic heterocycles. The van der Waals surface area contributed by atoms with Crippen LogP contribution in [0.4, 0.5) is 10.1 Å². The maximum absolute atomic E-state index is 13.9. The Bertz CT molecular complexity index is 718. The lowest BCUT2D eigenvalue weighted by Crippen LogP contribution is -2.35. The highest BCUT2D eigenvalue weighted by molar-refractivity contribution is 5.98. The summed E-state index contributed by atoms with van der Waals surface area (Å²) in [6.45, 7) is 1.50. The fraction of sp³-hybridized carbons (Fsp3) is 0.438. The minimum absolute atomic E-state index is 0.0191. The number of primary amides is 1. The molecule has 0 aliphatic carbocycles. The number of nitrogens with zero attached hydrogens (tertiary/aromatic N) is 4. The second-order valence-electron chi connectivity index (χ2n) is 6.04. The number of aryl methyl sites for hydroxylation is 1. The number of pyridine rings is 1. The molecule has 2 atom stereocenters. The molecule has 1 fully saturated rings. The number of alkyl halides is 1. The SMILES string of the molecule is Cn1ccnc1CN1C[C@@H](F)C[C@H]1CNc1ccncc1C(N)=O. The van der Waals surface area contributed by atoms with Gasteiger partial charge in [-0.25, -0.2) is 9.37 Å². The van der Waals surface area contributed by atoms with Gasteiger partial charge in [-0.05, 0) is 12.5 Å². The molecule has 0 spiro atoms. The molecular weight excluding hydrogens is 311 g/mol. The number of imidazole rings is 1. The Hall–Kier alpha value is -2.48. The summed E-state index contributed by atoms with van der Waals surface area (Å²) in [6, 6.07) is 1.72. The van der Waals surface area contributed by atoms with Crippen LogP contribution in [-0.4, -0.2) is 50.6 Å². The minimum Gasteiger partial charge on any atom is -0.383 e. The van der Waals surface area contributed by atoms with E-state index in [1.54, 1.807) is 18.5 Å². The van der Waals surface area contributed by atoms with Gasteiger partial charge < -0.3 is 15.6 Å². The molecule has 1 amide bonds. The van der Waals surface area contributed by atoms with Gasteiger partial charge in [0.15, 0.2) is 0 Å². The number of hydrogen-bond acceptors (Lipinski definition) is 5. The van der Waals surface area contributed by atoms with E-state index in [0.29, 0.717) is 37.3 Å². The zero-order valence-corrected chi connectivity index (χ0v) is 13.5. The van der Waals surface area contributed by atoms with Gasteiger partial charge in [-0.3, -0.25) is 14.7 Å². The van der Waals surface area contributed by atoms with E-state index >= 15 is 0 Å².